The molecule has 0 aliphatic rings. The highest BCUT2D eigenvalue weighted by Gasteiger charge is 2.30. The second kappa shape index (κ2) is 5.46. The van der Waals surface area contributed by atoms with E-state index in [0.717, 1.165) is 7.11 Å². The normalized spacial score (nSPS) is 14.0. The van der Waals surface area contributed by atoms with Crippen LogP contribution in [-0.2, 0) is 9.53 Å². The summed E-state index contributed by atoms with van der Waals surface area (Å²) in [4.78, 5) is 10.9. The highest BCUT2D eigenvalue weighted by atomic mass is 19.1. The van der Waals surface area contributed by atoms with Gasteiger partial charge >= 0.3 is 5.97 Å². The first-order valence-electron chi connectivity index (χ1n) is 4.64. The number of esters is 1. The summed E-state index contributed by atoms with van der Waals surface area (Å²) in [5.74, 6) is -0.792. The molecule has 0 fully saturated rings. The van der Waals surface area contributed by atoms with E-state index >= 15 is 0 Å². The number of para-hydroxylation sites is 1. The van der Waals surface area contributed by atoms with Crippen LogP contribution in [0.5, 0.6) is 5.75 Å². The fourth-order valence-electron chi connectivity index (χ4n) is 1.31. The lowest BCUT2D eigenvalue weighted by Crippen LogP contribution is -2.25. The Balaban J connectivity index is 2.95. The third-order valence-corrected chi connectivity index (χ3v) is 2.16. The zero-order valence-electron chi connectivity index (χ0n) is 9.01. The number of carbonyl (C=O) groups excluding carboxylic acids is 1. The Hall–Kier alpha value is -1.62. The van der Waals surface area contributed by atoms with Gasteiger partial charge in [0.15, 0.2) is 0 Å². The summed E-state index contributed by atoms with van der Waals surface area (Å²) in [5.41, 5.74) is 0.211. The van der Waals surface area contributed by atoms with Crippen molar-refractivity contribution >= 4 is 5.97 Å². The number of hydrogen-bond donors (Lipinski definition) is 1. The number of aliphatic hydroxyl groups is 1. The Morgan fingerprint density at radius 1 is 1.38 bits per heavy atom. The molecule has 4 nitrogen and oxygen atoms in total. The predicted molar refractivity (Wildman–Crippen MR) is 54.9 cm³/mol. The second-order valence-electron chi connectivity index (χ2n) is 3.11. The van der Waals surface area contributed by atoms with Crippen LogP contribution in [0.15, 0.2) is 24.3 Å². The molecule has 0 spiro atoms. The van der Waals surface area contributed by atoms with Gasteiger partial charge in [-0.15, -0.1) is 0 Å². The molecule has 1 aromatic carbocycles. The topological polar surface area (TPSA) is 55.8 Å². The van der Waals surface area contributed by atoms with E-state index in [1.54, 1.807) is 18.2 Å². The van der Waals surface area contributed by atoms with Crippen molar-refractivity contribution in [1.82, 2.24) is 0 Å². The van der Waals surface area contributed by atoms with Crippen molar-refractivity contribution in [3.05, 3.63) is 29.8 Å². The molecule has 0 bridgehead atoms. The van der Waals surface area contributed by atoms with Crippen LogP contribution in [0.25, 0.3) is 0 Å². The lowest BCUT2D eigenvalue weighted by atomic mass is 10.0. The minimum atomic E-state index is -2.12. The minimum Gasteiger partial charge on any atom is -0.496 e. The first-order valence-corrected chi connectivity index (χ1v) is 4.64. The first kappa shape index (κ1) is 12.4. The van der Waals surface area contributed by atoms with Gasteiger partial charge in [0.05, 0.1) is 14.2 Å². The maximum atomic E-state index is 13.4. The molecule has 1 aromatic rings. The lowest BCUT2D eigenvalue weighted by molar-refractivity contribution is -0.151. The largest absolute Gasteiger partial charge is 0.496 e. The summed E-state index contributed by atoms with van der Waals surface area (Å²) in [6.45, 7) is 0. The Morgan fingerprint density at radius 3 is 2.56 bits per heavy atom. The van der Waals surface area contributed by atoms with Crippen molar-refractivity contribution in [3.63, 3.8) is 0 Å². The van der Waals surface area contributed by atoms with Gasteiger partial charge in [-0.1, -0.05) is 18.2 Å². The number of aliphatic hydroxyl groups excluding tert-OH is 1. The van der Waals surface area contributed by atoms with Gasteiger partial charge in [-0.2, -0.15) is 0 Å². The zero-order valence-corrected chi connectivity index (χ0v) is 9.01. The molecule has 2 atom stereocenters. The summed E-state index contributed by atoms with van der Waals surface area (Å²) in [7, 11) is 2.46. The summed E-state index contributed by atoms with van der Waals surface area (Å²) in [5, 5.41) is 9.65. The van der Waals surface area contributed by atoms with Crippen LogP contribution in [0.3, 0.4) is 0 Å². The predicted octanol–water partition coefficient (Wildman–Crippen LogP) is 1.24. The molecule has 2 unspecified atom stereocenters. The zero-order chi connectivity index (χ0) is 12.1. The van der Waals surface area contributed by atoms with Crippen molar-refractivity contribution in [2.24, 2.45) is 0 Å². The molecule has 0 saturated heterocycles. The number of benzene rings is 1. The van der Waals surface area contributed by atoms with Gasteiger partial charge in [-0.25, -0.2) is 9.18 Å². The molecule has 1 N–H and O–H groups in total. The Kier molecular flexibility index (Phi) is 4.25. The first-order chi connectivity index (χ1) is 7.61. The highest BCUT2D eigenvalue weighted by molar-refractivity contribution is 5.75. The molecule has 0 radical (unpaired) electrons. The average Bonchev–Trinajstić information content (AvgIpc) is 2.35. The second-order valence-corrected chi connectivity index (χ2v) is 3.11. The van der Waals surface area contributed by atoms with Gasteiger partial charge in [-0.3, -0.25) is 0 Å². The summed E-state index contributed by atoms with van der Waals surface area (Å²) >= 11 is 0. The van der Waals surface area contributed by atoms with Crippen molar-refractivity contribution in [2.75, 3.05) is 14.2 Å². The van der Waals surface area contributed by atoms with Gasteiger partial charge < -0.3 is 14.6 Å². The fraction of sp³-hybridized carbons (Fsp3) is 0.364. The lowest BCUT2D eigenvalue weighted by Gasteiger charge is -2.16. The van der Waals surface area contributed by atoms with Crippen LogP contribution in [0, 0.1) is 0 Å². The van der Waals surface area contributed by atoms with E-state index in [2.05, 4.69) is 4.74 Å². The van der Waals surface area contributed by atoms with Crippen molar-refractivity contribution in [1.29, 1.82) is 0 Å². The number of alkyl halides is 1. The van der Waals surface area contributed by atoms with Gasteiger partial charge in [-0.05, 0) is 6.07 Å². The van der Waals surface area contributed by atoms with Crippen molar-refractivity contribution in [2.45, 2.75) is 12.3 Å². The molecule has 1 rings (SSSR count). The monoisotopic (exact) mass is 228 g/mol. The maximum Gasteiger partial charge on any atom is 0.343 e. The fourth-order valence-corrected chi connectivity index (χ4v) is 1.31. The Morgan fingerprint density at radius 2 is 2.00 bits per heavy atom. The Labute approximate surface area is 92.6 Å². The number of carbonyl (C=O) groups is 1. The molecule has 5 heteroatoms. The number of ether oxygens (including phenoxy) is 2. The Bertz CT molecular complexity index is 367. The molecule has 0 aliphatic carbocycles. The number of rotatable bonds is 4. The SMILES string of the molecule is COC(=O)C(F)C(O)c1ccccc1OC. The maximum absolute atomic E-state index is 13.4. The van der Waals surface area contributed by atoms with E-state index in [0.29, 0.717) is 5.75 Å². The van der Waals surface area contributed by atoms with Crippen LogP contribution < -0.4 is 4.74 Å². The van der Waals surface area contributed by atoms with Crippen LogP contribution in [0.2, 0.25) is 0 Å². The molecule has 0 aromatic heterocycles. The van der Waals surface area contributed by atoms with Gasteiger partial charge in [0.2, 0.25) is 6.17 Å². The van der Waals surface area contributed by atoms with Crippen molar-refractivity contribution in [3.8, 4) is 5.75 Å². The third-order valence-electron chi connectivity index (χ3n) is 2.16. The van der Waals surface area contributed by atoms with E-state index in [1.807, 2.05) is 0 Å². The van der Waals surface area contributed by atoms with Gasteiger partial charge in [0.1, 0.15) is 11.9 Å². The summed E-state index contributed by atoms with van der Waals surface area (Å²) < 4.78 is 22.6. The quantitative estimate of drug-likeness (QED) is 0.788. The van der Waals surface area contributed by atoms with E-state index in [9.17, 15) is 14.3 Å². The van der Waals surface area contributed by atoms with E-state index in [-0.39, 0.29) is 5.56 Å². The van der Waals surface area contributed by atoms with Crippen LogP contribution >= 0.6 is 0 Å². The molecule has 0 heterocycles. The molecular weight excluding hydrogens is 215 g/mol. The van der Waals surface area contributed by atoms with Crippen molar-refractivity contribution < 1.29 is 23.8 Å². The summed E-state index contributed by atoms with van der Waals surface area (Å²) in [6.07, 6.45) is -3.72. The molecule has 0 aliphatic heterocycles. The minimum absolute atomic E-state index is 0.211. The summed E-state index contributed by atoms with van der Waals surface area (Å²) in [6, 6.07) is 6.35. The van der Waals surface area contributed by atoms with Crippen LogP contribution in [-0.4, -0.2) is 31.5 Å². The van der Waals surface area contributed by atoms with E-state index in [1.165, 1.54) is 13.2 Å². The molecule has 0 amide bonds. The van der Waals surface area contributed by atoms with E-state index in [4.69, 9.17) is 4.74 Å². The molecule has 88 valence electrons. The molecule has 0 saturated carbocycles. The number of halogens is 1. The van der Waals surface area contributed by atoms with Gasteiger partial charge in [0, 0.05) is 5.56 Å². The molecule has 16 heavy (non-hydrogen) atoms. The molecular formula is C11H13FO4. The van der Waals surface area contributed by atoms with Crippen LogP contribution in [0.4, 0.5) is 4.39 Å². The number of hydrogen-bond acceptors (Lipinski definition) is 4. The highest BCUT2D eigenvalue weighted by Crippen LogP contribution is 2.28. The third kappa shape index (κ3) is 2.49. The average molecular weight is 228 g/mol. The smallest absolute Gasteiger partial charge is 0.343 e. The van der Waals surface area contributed by atoms with E-state index < -0.39 is 18.2 Å². The standard InChI is InChI=1S/C11H13FO4/c1-15-8-6-4-3-5-7(8)10(13)9(12)11(14)16-2/h3-6,9-10,13H,1-2H3. The number of methoxy groups -OCH3 is 2. The van der Waals surface area contributed by atoms with Crippen LogP contribution in [0.1, 0.15) is 11.7 Å². The van der Waals surface area contributed by atoms with Gasteiger partial charge in [0.25, 0.3) is 0 Å².